The van der Waals surface area contributed by atoms with Gasteiger partial charge in [-0.25, -0.2) is 9.82 Å². The second kappa shape index (κ2) is 5.97. The molecule has 1 N–H and O–H groups in total. The molecule has 0 bridgehead atoms. The molecule has 5 heteroatoms. The number of rotatable bonds is 2. The van der Waals surface area contributed by atoms with E-state index in [1.165, 1.54) is 6.07 Å². The molecule has 0 unspecified atom stereocenters. The van der Waals surface area contributed by atoms with Crippen molar-refractivity contribution in [1.82, 2.24) is 5.43 Å². The van der Waals surface area contributed by atoms with Crippen molar-refractivity contribution in [1.29, 1.82) is 0 Å². The van der Waals surface area contributed by atoms with Crippen molar-refractivity contribution in [2.45, 2.75) is 13.3 Å². The summed E-state index contributed by atoms with van der Waals surface area (Å²) in [7, 11) is 0. The summed E-state index contributed by atoms with van der Waals surface area (Å²) in [6.07, 6.45) is 0.518. The Morgan fingerprint density at radius 3 is 2.77 bits per heavy atom. The molecule has 0 aliphatic carbocycles. The fourth-order valence-electron chi connectivity index (χ4n) is 2.27. The highest BCUT2D eigenvalue weighted by Crippen LogP contribution is 2.27. The van der Waals surface area contributed by atoms with Crippen LogP contribution in [-0.2, 0) is 0 Å². The molecular formula is C17H15FN2O2. The van der Waals surface area contributed by atoms with E-state index >= 15 is 0 Å². The van der Waals surface area contributed by atoms with Crippen LogP contribution in [0.5, 0.6) is 5.75 Å². The normalized spacial score (nSPS) is 15.1. The number of nitrogens with one attached hydrogen (secondary N) is 1. The largest absolute Gasteiger partial charge is 0.489 e. The zero-order chi connectivity index (χ0) is 15.5. The van der Waals surface area contributed by atoms with Gasteiger partial charge in [-0.2, -0.15) is 5.10 Å². The Morgan fingerprint density at radius 2 is 2.00 bits per heavy atom. The Kier molecular flexibility index (Phi) is 3.87. The van der Waals surface area contributed by atoms with Gasteiger partial charge in [-0.1, -0.05) is 23.8 Å². The van der Waals surface area contributed by atoms with Crippen LogP contribution in [0.3, 0.4) is 0 Å². The van der Waals surface area contributed by atoms with Gasteiger partial charge in [0.2, 0.25) is 0 Å². The average molecular weight is 298 g/mol. The number of para-hydroxylation sites is 1. The summed E-state index contributed by atoms with van der Waals surface area (Å²) in [5.74, 6) is -0.524. The van der Waals surface area contributed by atoms with Crippen molar-refractivity contribution in [3.8, 4) is 5.75 Å². The molecule has 1 amide bonds. The van der Waals surface area contributed by atoms with Gasteiger partial charge in [0.05, 0.1) is 12.3 Å². The van der Waals surface area contributed by atoms with Gasteiger partial charge in [0.1, 0.15) is 0 Å². The van der Waals surface area contributed by atoms with E-state index in [9.17, 15) is 9.18 Å². The number of hydrogen-bond acceptors (Lipinski definition) is 3. The molecule has 1 heterocycles. The number of benzene rings is 2. The lowest BCUT2D eigenvalue weighted by Crippen LogP contribution is -2.23. The van der Waals surface area contributed by atoms with Crippen LogP contribution in [0.25, 0.3) is 0 Å². The van der Waals surface area contributed by atoms with Crippen molar-refractivity contribution in [3.63, 3.8) is 0 Å². The second-order valence-corrected chi connectivity index (χ2v) is 5.08. The van der Waals surface area contributed by atoms with E-state index in [0.29, 0.717) is 29.9 Å². The first-order valence-corrected chi connectivity index (χ1v) is 7.00. The molecule has 0 aromatic heterocycles. The molecule has 2 aromatic carbocycles. The van der Waals surface area contributed by atoms with Crippen LogP contribution in [-0.4, -0.2) is 18.2 Å². The number of nitrogens with zero attached hydrogens (tertiary/aromatic N) is 1. The number of hydrazone groups is 1. The number of amides is 1. The summed E-state index contributed by atoms with van der Waals surface area (Å²) in [6.45, 7) is 2.29. The average Bonchev–Trinajstić information content (AvgIpc) is 2.54. The Balaban J connectivity index is 1.81. The van der Waals surface area contributed by atoms with Crippen molar-refractivity contribution >= 4 is 11.6 Å². The van der Waals surface area contributed by atoms with Gasteiger partial charge in [0.25, 0.3) is 5.91 Å². The van der Waals surface area contributed by atoms with Gasteiger partial charge in [0.15, 0.2) is 11.6 Å². The van der Waals surface area contributed by atoms with Crippen LogP contribution < -0.4 is 10.2 Å². The fraction of sp³-hybridized carbons (Fsp3) is 0.176. The molecule has 0 saturated carbocycles. The highest BCUT2D eigenvalue weighted by molar-refractivity contribution is 6.05. The number of aryl methyl sites for hydroxylation is 1. The van der Waals surface area contributed by atoms with Crippen molar-refractivity contribution in [3.05, 3.63) is 65.0 Å². The fourth-order valence-corrected chi connectivity index (χ4v) is 2.27. The summed E-state index contributed by atoms with van der Waals surface area (Å²) in [6, 6.07) is 11.9. The van der Waals surface area contributed by atoms with Crippen LogP contribution in [0.15, 0.2) is 47.6 Å². The summed E-state index contributed by atoms with van der Waals surface area (Å²) in [5.41, 5.74) is 5.32. The predicted octanol–water partition coefficient (Wildman–Crippen LogP) is 3.05. The zero-order valence-corrected chi connectivity index (χ0v) is 12.1. The van der Waals surface area contributed by atoms with E-state index in [2.05, 4.69) is 10.5 Å². The van der Waals surface area contributed by atoms with E-state index in [4.69, 9.17) is 4.74 Å². The molecule has 3 rings (SSSR count). The molecule has 4 nitrogen and oxygen atoms in total. The minimum atomic E-state index is -0.422. The minimum absolute atomic E-state index is 0.192. The van der Waals surface area contributed by atoms with Gasteiger partial charge in [-0.3, -0.25) is 4.79 Å². The highest BCUT2D eigenvalue weighted by atomic mass is 19.1. The number of carbonyl (C=O) groups is 1. The van der Waals surface area contributed by atoms with Crippen LogP contribution in [0.1, 0.15) is 27.9 Å². The molecule has 0 radical (unpaired) electrons. The summed E-state index contributed by atoms with van der Waals surface area (Å²) in [4.78, 5) is 12.1. The van der Waals surface area contributed by atoms with Crippen LogP contribution in [0, 0.1) is 12.7 Å². The van der Waals surface area contributed by atoms with Crippen molar-refractivity contribution in [2.75, 3.05) is 6.61 Å². The number of halogens is 1. The third kappa shape index (κ3) is 2.83. The Bertz CT molecular complexity index is 739. The van der Waals surface area contributed by atoms with E-state index in [1.54, 1.807) is 24.3 Å². The van der Waals surface area contributed by atoms with Crippen LogP contribution in [0.2, 0.25) is 0 Å². The first-order chi connectivity index (χ1) is 10.6. The monoisotopic (exact) mass is 298 g/mol. The van der Waals surface area contributed by atoms with E-state index in [-0.39, 0.29) is 11.7 Å². The second-order valence-electron chi connectivity index (χ2n) is 5.08. The third-order valence-electron chi connectivity index (χ3n) is 3.47. The third-order valence-corrected chi connectivity index (χ3v) is 3.47. The molecule has 1 aliphatic heterocycles. The highest BCUT2D eigenvalue weighted by Gasteiger charge is 2.20. The molecule has 22 heavy (non-hydrogen) atoms. The minimum Gasteiger partial charge on any atom is -0.489 e. The standard InChI is InChI=1S/C17H15FN2O2/c1-11-5-7-12(8-6-11)17(21)20-19-15-9-10-22-16-13(15)3-2-4-14(16)18/h2-8H,9-10H2,1H3,(H,20,21). The Labute approximate surface area is 127 Å². The molecular weight excluding hydrogens is 283 g/mol. The van der Waals surface area contributed by atoms with Gasteiger partial charge < -0.3 is 4.74 Å². The van der Waals surface area contributed by atoms with Crippen LogP contribution in [0.4, 0.5) is 4.39 Å². The number of fused-ring (bicyclic) bond motifs is 1. The topological polar surface area (TPSA) is 50.7 Å². The molecule has 0 fully saturated rings. The molecule has 0 atom stereocenters. The summed E-state index contributed by atoms with van der Waals surface area (Å²) in [5, 5.41) is 4.13. The lowest BCUT2D eigenvalue weighted by Gasteiger charge is -2.19. The number of carbonyl (C=O) groups excluding carboxylic acids is 1. The Hall–Kier alpha value is -2.69. The maximum atomic E-state index is 13.7. The van der Waals surface area contributed by atoms with Crippen molar-refractivity contribution in [2.24, 2.45) is 5.10 Å². The summed E-state index contributed by atoms with van der Waals surface area (Å²) < 4.78 is 19.0. The zero-order valence-electron chi connectivity index (χ0n) is 12.1. The maximum Gasteiger partial charge on any atom is 0.271 e. The molecule has 0 saturated heterocycles. The smallest absolute Gasteiger partial charge is 0.271 e. The molecule has 1 aliphatic rings. The lowest BCUT2D eigenvalue weighted by atomic mass is 10.0. The van der Waals surface area contributed by atoms with E-state index in [0.717, 1.165) is 5.56 Å². The first kappa shape index (κ1) is 14.3. The van der Waals surface area contributed by atoms with Gasteiger partial charge in [0, 0.05) is 17.5 Å². The number of hydrogen-bond donors (Lipinski definition) is 1. The van der Waals surface area contributed by atoms with Crippen LogP contribution >= 0.6 is 0 Å². The quantitative estimate of drug-likeness (QED) is 0.866. The van der Waals surface area contributed by atoms with Gasteiger partial charge >= 0.3 is 0 Å². The maximum absolute atomic E-state index is 13.7. The van der Waals surface area contributed by atoms with E-state index < -0.39 is 5.82 Å². The molecule has 0 spiro atoms. The SMILES string of the molecule is Cc1ccc(C(=O)NN=C2CCOc3c(F)cccc32)cc1. The lowest BCUT2D eigenvalue weighted by molar-refractivity contribution is 0.0954. The predicted molar refractivity (Wildman–Crippen MR) is 81.7 cm³/mol. The van der Waals surface area contributed by atoms with Gasteiger partial charge in [-0.05, 0) is 31.2 Å². The molecule has 2 aromatic rings. The number of ether oxygens (including phenoxy) is 1. The van der Waals surface area contributed by atoms with E-state index in [1.807, 2.05) is 19.1 Å². The Morgan fingerprint density at radius 1 is 1.23 bits per heavy atom. The first-order valence-electron chi connectivity index (χ1n) is 7.00. The summed E-state index contributed by atoms with van der Waals surface area (Å²) >= 11 is 0. The molecule has 112 valence electrons. The van der Waals surface area contributed by atoms with Gasteiger partial charge in [-0.15, -0.1) is 0 Å². The van der Waals surface area contributed by atoms with Crippen molar-refractivity contribution < 1.29 is 13.9 Å².